The first-order valence-electron chi connectivity index (χ1n) is 7.48. The molecule has 0 spiro atoms. The van der Waals surface area contributed by atoms with Crippen molar-refractivity contribution >= 4 is 57.8 Å². The van der Waals surface area contributed by atoms with Crippen molar-refractivity contribution in [2.24, 2.45) is 4.99 Å². The maximum Gasteiger partial charge on any atom is 0.266 e. The summed E-state index contributed by atoms with van der Waals surface area (Å²) in [4.78, 5) is 19.2. The van der Waals surface area contributed by atoms with Crippen LogP contribution in [0.3, 0.4) is 0 Å². The normalized spacial score (nSPS) is 17.8. The van der Waals surface area contributed by atoms with Gasteiger partial charge < -0.3 is 0 Å². The van der Waals surface area contributed by atoms with Gasteiger partial charge in [0.15, 0.2) is 5.17 Å². The molecule has 0 aromatic heterocycles. The SMILES string of the molecule is CCN1C(=O)/C(=C\c2ccc(Cl)c(Cl)c2)SC1=Nc1ccc(F)cc1. The van der Waals surface area contributed by atoms with Gasteiger partial charge in [-0.3, -0.25) is 9.69 Å². The third kappa shape index (κ3) is 4.06. The van der Waals surface area contributed by atoms with Crippen LogP contribution in [0, 0.1) is 5.82 Å². The zero-order chi connectivity index (χ0) is 18.0. The highest BCUT2D eigenvalue weighted by molar-refractivity contribution is 8.18. The molecule has 0 aliphatic carbocycles. The van der Waals surface area contributed by atoms with E-state index in [1.807, 2.05) is 6.92 Å². The molecule has 1 heterocycles. The maximum absolute atomic E-state index is 13.0. The van der Waals surface area contributed by atoms with Crippen LogP contribution in [0.2, 0.25) is 10.0 Å². The summed E-state index contributed by atoms with van der Waals surface area (Å²) < 4.78 is 13.0. The largest absolute Gasteiger partial charge is 0.287 e. The molecule has 2 aromatic rings. The Morgan fingerprint density at radius 2 is 1.88 bits per heavy atom. The first-order valence-corrected chi connectivity index (χ1v) is 9.06. The molecular weight excluding hydrogens is 382 g/mol. The lowest BCUT2D eigenvalue weighted by atomic mass is 10.2. The number of benzene rings is 2. The minimum Gasteiger partial charge on any atom is -0.287 e. The van der Waals surface area contributed by atoms with Crippen LogP contribution in [0.1, 0.15) is 12.5 Å². The highest BCUT2D eigenvalue weighted by Gasteiger charge is 2.32. The second kappa shape index (κ2) is 7.60. The van der Waals surface area contributed by atoms with E-state index in [9.17, 15) is 9.18 Å². The highest BCUT2D eigenvalue weighted by atomic mass is 35.5. The zero-order valence-electron chi connectivity index (χ0n) is 13.2. The summed E-state index contributed by atoms with van der Waals surface area (Å²) >= 11 is 13.2. The number of amidine groups is 1. The monoisotopic (exact) mass is 394 g/mol. The van der Waals surface area contributed by atoms with Crippen LogP contribution in [0.25, 0.3) is 6.08 Å². The Balaban J connectivity index is 1.92. The van der Waals surface area contributed by atoms with Gasteiger partial charge in [-0.2, -0.15) is 0 Å². The molecule has 1 fully saturated rings. The van der Waals surface area contributed by atoms with Crippen LogP contribution in [0.15, 0.2) is 52.4 Å². The zero-order valence-corrected chi connectivity index (χ0v) is 15.5. The van der Waals surface area contributed by atoms with Gasteiger partial charge in [0.05, 0.1) is 20.6 Å². The van der Waals surface area contributed by atoms with E-state index in [1.165, 1.54) is 23.9 Å². The van der Waals surface area contributed by atoms with Gasteiger partial charge in [0, 0.05) is 6.54 Å². The van der Waals surface area contributed by atoms with E-state index >= 15 is 0 Å². The summed E-state index contributed by atoms with van der Waals surface area (Å²) in [5.74, 6) is -0.453. The predicted octanol–water partition coefficient (Wildman–Crippen LogP) is 5.76. The Labute approximate surface area is 159 Å². The molecule has 0 saturated carbocycles. The van der Waals surface area contributed by atoms with E-state index in [1.54, 1.807) is 41.3 Å². The number of halogens is 3. The molecule has 3 rings (SSSR count). The number of hydrogen-bond donors (Lipinski definition) is 0. The molecule has 25 heavy (non-hydrogen) atoms. The molecule has 3 nitrogen and oxygen atoms in total. The lowest BCUT2D eigenvalue weighted by Gasteiger charge is -2.11. The summed E-state index contributed by atoms with van der Waals surface area (Å²) in [7, 11) is 0. The minimum absolute atomic E-state index is 0.126. The third-order valence-corrected chi connectivity index (χ3v) is 5.24. The van der Waals surface area contributed by atoms with Crippen molar-refractivity contribution in [3.05, 3.63) is 68.8 Å². The molecule has 7 heteroatoms. The molecule has 0 atom stereocenters. The molecular formula is C18H13Cl2FN2OS. The molecule has 128 valence electrons. The van der Waals surface area contributed by atoms with Gasteiger partial charge in [0.25, 0.3) is 5.91 Å². The fourth-order valence-electron chi connectivity index (χ4n) is 2.25. The second-order valence-electron chi connectivity index (χ2n) is 5.20. The van der Waals surface area contributed by atoms with Crippen molar-refractivity contribution in [3.63, 3.8) is 0 Å². The molecule has 1 saturated heterocycles. The Bertz CT molecular complexity index is 881. The Hall–Kier alpha value is -1.82. The van der Waals surface area contributed by atoms with Gasteiger partial charge in [-0.15, -0.1) is 0 Å². The number of aliphatic imine (C=N–C) groups is 1. The standard InChI is InChI=1S/C18H13Cl2FN2OS/c1-2-23-17(24)16(10-11-3-8-14(19)15(20)9-11)25-18(23)22-13-6-4-12(21)5-7-13/h3-10H,2H2,1H3/b16-10+,22-18?. The molecule has 2 aromatic carbocycles. The predicted molar refractivity (Wildman–Crippen MR) is 103 cm³/mol. The highest BCUT2D eigenvalue weighted by Crippen LogP contribution is 2.34. The maximum atomic E-state index is 13.0. The molecule has 0 radical (unpaired) electrons. The van der Waals surface area contributed by atoms with Gasteiger partial charge in [0.1, 0.15) is 5.82 Å². The van der Waals surface area contributed by atoms with E-state index in [0.717, 1.165) is 5.56 Å². The molecule has 1 amide bonds. The van der Waals surface area contributed by atoms with E-state index in [-0.39, 0.29) is 11.7 Å². The molecule has 1 aliphatic rings. The first kappa shape index (κ1) is 18.0. The van der Waals surface area contributed by atoms with Crippen molar-refractivity contribution in [2.45, 2.75) is 6.92 Å². The molecule has 1 aliphatic heterocycles. The average Bonchev–Trinajstić information content (AvgIpc) is 2.88. The quantitative estimate of drug-likeness (QED) is 0.620. The summed E-state index contributed by atoms with van der Waals surface area (Å²) in [5.41, 5.74) is 1.37. The smallest absolute Gasteiger partial charge is 0.266 e. The second-order valence-corrected chi connectivity index (χ2v) is 7.03. The van der Waals surface area contributed by atoms with Crippen molar-refractivity contribution in [2.75, 3.05) is 6.54 Å². The summed E-state index contributed by atoms with van der Waals surface area (Å²) in [5, 5.41) is 1.45. The van der Waals surface area contributed by atoms with Crippen molar-refractivity contribution in [1.82, 2.24) is 4.90 Å². The van der Waals surface area contributed by atoms with Crippen LogP contribution >= 0.6 is 35.0 Å². The number of carbonyl (C=O) groups is 1. The van der Waals surface area contributed by atoms with E-state index in [0.29, 0.717) is 32.4 Å². The van der Waals surface area contributed by atoms with Crippen LogP contribution in [-0.2, 0) is 4.79 Å². The average molecular weight is 395 g/mol. The fourth-order valence-corrected chi connectivity index (χ4v) is 3.62. The van der Waals surface area contributed by atoms with E-state index < -0.39 is 0 Å². The Kier molecular flexibility index (Phi) is 5.47. The minimum atomic E-state index is -0.327. The fraction of sp³-hybridized carbons (Fsp3) is 0.111. The molecule has 0 unspecified atom stereocenters. The number of nitrogens with zero attached hydrogens (tertiary/aromatic N) is 2. The van der Waals surface area contributed by atoms with E-state index in [2.05, 4.69) is 4.99 Å². The number of amides is 1. The summed E-state index contributed by atoms with van der Waals surface area (Å²) in [6.45, 7) is 2.37. The van der Waals surface area contributed by atoms with Crippen molar-refractivity contribution < 1.29 is 9.18 Å². The van der Waals surface area contributed by atoms with Gasteiger partial charge >= 0.3 is 0 Å². The lowest BCUT2D eigenvalue weighted by Crippen LogP contribution is -2.28. The molecule has 0 N–H and O–H groups in total. The Morgan fingerprint density at radius 3 is 2.52 bits per heavy atom. The lowest BCUT2D eigenvalue weighted by molar-refractivity contribution is -0.122. The van der Waals surface area contributed by atoms with Crippen LogP contribution in [0.5, 0.6) is 0 Å². The summed E-state index contributed by atoms with van der Waals surface area (Å²) in [6.07, 6.45) is 1.76. The number of likely N-dealkylation sites (N-methyl/N-ethyl adjacent to an activating group) is 1. The number of thioether (sulfide) groups is 1. The van der Waals surface area contributed by atoms with Gasteiger partial charge in [0.2, 0.25) is 0 Å². The number of hydrogen-bond acceptors (Lipinski definition) is 3. The Morgan fingerprint density at radius 1 is 1.16 bits per heavy atom. The van der Waals surface area contributed by atoms with Crippen molar-refractivity contribution in [3.8, 4) is 0 Å². The van der Waals surface area contributed by atoms with Crippen molar-refractivity contribution in [1.29, 1.82) is 0 Å². The number of carbonyl (C=O) groups excluding carboxylic acids is 1. The van der Waals surface area contributed by atoms with Crippen LogP contribution in [-0.4, -0.2) is 22.5 Å². The summed E-state index contributed by atoms with van der Waals surface area (Å²) in [6, 6.07) is 11.0. The van der Waals surface area contributed by atoms with Crippen LogP contribution < -0.4 is 0 Å². The molecule has 0 bridgehead atoms. The van der Waals surface area contributed by atoms with E-state index in [4.69, 9.17) is 23.2 Å². The van der Waals surface area contributed by atoms with Gasteiger partial charge in [-0.25, -0.2) is 9.38 Å². The topological polar surface area (TPSA) is 32.7 Å². The van der Waals surface area contributed by atoms with Crippen LogP contribution in [0.4, 0.5) is 10.1 Å². The number of rotatable bonds is 3. The first-order chi connectivity index (χ1) is 12.0. The van der Waals surface area contributed by atoms with Gasteiger partial charge in [-0.1, -0.05) is 29.3 Å². The van der Waals surface area contributed by atoms with Gasteiger partial charge in [-0.05, 0) is 66.7 Å². The third-order valence-electron chi connectivity index (χ3n) is 3.50.